The molecule has 2 atom stereocenters. The van der Waals surface area contributed by atoms with Crippen LogP contribution in [0.3, 0.4) is 0 Å². The summed E-state index contributed by atoms with van der Waals surface area (Å²) in [5.74, 6) is 1.33. The van der Waals surface area contributed by atoms with Crippen molar-refractivity contribution in [3.8, 4) is 22.3 Å². The summed E-state index contributed by atoms with van der Waals surface area (Å²) in [7, 11) is 0. The maximum atomic E-state index is 2.66. The summed E-state index contributed by atoms with van der Waals surface area (Å²) in [6.45, 7) is 9.67. The first-order valence-corrected chi connectivity index (χ1v) is 20.2. The van der Waals surface area contributed by atoms with Crippen molar-refractivity contribution in [2.24, 2.45) is 11.8 Å². The molecule has 1 aliphatic heterocycles. The first kappa shape index (κ1) is 33.0. The first-order valence-electron chi connectivity index (χ1n) is 16.2. The van der Waals surface area contributed by atoms with Gasteiger partial charge in [-0.2, -0.15) is 0 Å². The Balaban J connectivity index is 0.00000192. The molecule has 226 valence electrons. The summed E-state index contributed by atoms with van der Waals surface area (Å²) in [6, 6.07) is 36.7. The Labute approximate surface area is 281 Å². The molecule has 0 bridgehead atoms. The molecule has 0 amide bonds. The van der Waals surface area contributed by atoms with Gasteiger partial charge in [0.05, 0.1) is 0 Å². The molecule has 3 heteroatoms. The van der Waals surface area contributed by atoms with Gasteiger partial charge < -0.3 is 24.8 Å². The first-order chi connectivity index (χ1) is 20.5. The molecule has 0 saturated carbocycles. The second-order valence-electron chi connectivity index (χ2n) is 13.9. The number of fused-ring (bicyclic) bond motifs is 2. The van der Waals surface area contributed by atoms with Gasteiger partial charge in [0.25, 0.3) is 0 Å². The summed E-state index contributed by atoms with van der Waals surface area (Å²) < 4.78 is 4.30. The quantitative estimate of drug-likeness (QED) is 0.202. The molecule has 2 aliphatic carbocycles. The van der Waals surface area contributed by atoms with Gasteiger partial charge in [-0.15, -0.1) is 0 Å². The average molecular weight is 656 g/mol. The predicted molar refractivity (Wildman–Crippen MR) is 178 cm³/mol. The van der Waals surface area contributed by atoms with E-state index in [0.717, 1.165) is 0 Å². The molecule has 1 saturated heterocycles. The summed E-state index contributed by atoms with van der Waals surface area (Å²) in [4.78, 5) is 0. The monoisotopic (exact) mass is 654 g/mol. The van der Waals surface area contributed by atoms with Crippen molar-refractivity contribution in [2.45, 2.75) is 64.9 Å². The van der Waals surface area contributed by atoms with Crippen LogP contribution in [0.1, 0.15) is 77.7 Å². The average Bonchev–Trinajstić information content (AvgIpc) is 3.51. The second-order valence-corrected chi connectivity index (χ2v) is 21.2. The van der Waals surface area contributed by atoms with Crippen LogP contribution in [0.5, 0.6) is 0 Å². The molecular formula is C41H44Cl2Ti. The fourth-order valence-electron chi connectivity index (χ4n) is 8.65. The third kappa shape index (κ3) is 5.73. The van der Waals surface area contributed by atoms with E-state index in [2.05, 4.69) is 137 Å². The standard InChI is InChI=1S/2C19H19.C3H6.2ClH.Ti/c2*1-14(2)11-15-12-17-9-6-10-18(19(17)13-15)16-7-4-3-5-8-16;1-3-2;;;/h2*3-10,12-14H,11H2,1-2H3;1-3H2;2*1H;/q;;;;;+2/p-2. The largest absolute Gasteiger partial charge is 1.00 e. The van der Waals surface area contributed by atoms with Crippen molar-refractivity contribution >= 4 is 12.2 Å². The molecule has 4 aromatic rings. The number of hydrogen-bond acceptors (Lipinski definition) is 0. The summed E-state index contributed by atoms with van der Waals surface area (Å²) in [5, 5.41) is 0. The second kappa shape index (κ2) is 13.6. The topological polar surface area (TPSA) is 0 Å². The number of allylic oxidation sites excluding steroid dienone is 2. The third-order valence-corrected chi connectivity index (χ3v) is 19.9. The van der Waals surface area contributed by atoms with Gasteiger partial charge in [-0.25, -0.2) is 0 Å². The minimum atomic E-state index is -2.54. The summed E-state index contributed by atoms with van der Waals surface area (Å²) in [6.07, 6.45) is 9.17. The Kier molecular flexibility index (Phi) is 10.2. The van der Waals surface area contributed by atoms with E-state index in [4.69, 9.17) is 0 Å². The zero-order valence-electron chi connectivity index (χ0n) is 26.5. The zero-order valence-corrected chi connectivity index (χ0v) is 29.6. The third-order valence-electron chi connectivity index (χ3n) is 10.2. The molecule has 44 heavy (non-hydrogen) atoms. The number of benzene rings is 4. The Morgan fingerprint density at radius 2 is 0.955 bits per heavy atom. The molecule has 2 unspecified atom stereocenters. The maximum Gasteiger partial charge on any atom is -1.00 e. The van der Waals surface area contributed by atoms with Crippen molar-refractivity contribution in [2.75, 3.05) is 0 Å². The molecule has 3 aliphatic rings. The van der Waals surface area contributed by atoms with E-state index in [9.17, 15) is 0 Å². The predicted octanol–water partition coefficient (Wildman–Crippen LogP) is 6.09. The van der Waals surface area contributed by atoms with E-state index in [0.29, 0.717) is 20.3 Å². The Morgan fingerprint density at radius 1 is 0.545 bits per heavy atom. The van der Waals surface area contributed by atoms with Crippen LogP contribution in [-0.4, -0.2) is 0 Å². The van der Waals surface area contributed by atoms with E-state index >= 15 is 0 Å². The minimum absolute atomic E-state index is 0. The van der Waals surface area contributed by atoms with Crippen LogP contribution in [-0.2, 0) is 16.6 Å². The van der Waals surface area contributed by atoms with Crippen LogP contribution in [0, 0.1) is 11.8 Å². The normalized spacial score (nSPS) is 18.6. The Hall–Kier alpha value is -2.35. The van der Waals surface area contributed by atoms with E-state index < -0.39 is 16.6 Å². The van der Waals surface area contributed by atoms with E-state index in [-0.39, 0.29) is 24.8 Å². The zero-order chi connectivity index (χ0) is 28.8. The van der Waals surface area contributed by atoms with Gasteiger partial charge in [0.1, 0.15) is 0 Å². The van der Waals surface area contributed by atoms with Crippen LogP contribution in [0.25, 0.3) is 34.4 Å². The minimum Gasteiger partial charge on any atom is -1.00 e. The van der Waals surface area contributed by atoms with Crippen molar-refractivity contribution in [3.05, 3.63) is 130 Å². The number of hydrogen-bond donors (Lipinski definition) is 0. The molecule has 1 fully saturated rings. The number of rotatable bonds is 8. The smallest absolute Gasteiger partial charge is 1.00 e. The SMILES string of the molecule is CC(C)CC1=Cc2c(-c3ccccc3)cccc2[CH]1[Ti+2]1([CH]2C(CC(C)C)=Cc3c(-c4ccccc4)cccc32)[CH2]C[CH2]1.[Cl-].[Cl-]. The van der Waals surface area contributed by atoms with Gasteiger partial charge in [-0.05, 0) is 0 Å². The van der Waals surface area contributed by atoms with Crippen LogP contribution >= 0.6 is 0 Å². The van der Waals surface area contributed by atoms with Crippen molar-refractivity contribution < 1.29 is 41.4 Å². The Morgan fingerprint density at radius 3 is 1.30 bits per heavy atom. The van der Waals surface area contributed by atoms with Crippen molar-refractivity contribution in [3.63, 3.8) is 0 Å². The van der Waals surface area contributed by atoms with E-state index in [1.807, 2.05) is 0 Å². The molecule has 0 N–H and O–H groups in total. The van der Waals surface area contributed by atoms with E-state index in [1.165, 1.54) is 62.1 Å². The molecule has 7 rings (SSSR count). The summed E-state index contributed by atoms with van der Waals surface area (Å²) in [5.41, 5.74) is 15.4. The molecule has 0 nitrogen and oxygen atoms in total. The van der Waals surface area contributed by atoms with Crippen LogP contribution in [0.15, 0.2) is 108 Å². The fourth-order valence-corrected chi connectivity index (χ4v) is 18.5. The molecular weight excluding hydrogens is 611 g/mol. The van der Waals surface area contributed by atoms with Gasteiger partial charge >= 0.3 is 258 Å². The maximum absolute atomic E-state index is 2.66. The van der Waals surface area contributed by atoms with Crippen LogP contribution in [0.4, 0.5) is 0 Å². The van der Waals surface area contributed by atoms with Gasteiger partial charge in [-0.1, -0.05) is 0 Å². The molecule has 1 heterocycles. The van der Waals surface area contributed by atoms with Gasteiger partial charge in [0.2, 0.25) is 0 Å². The van der Waals surface area contributed by atoms with Gasteiger partial charge in [0.15, 0.2) is 0 Å². The molecule has 0 aromatic heterocycles. The molecule has 0 spiro atoms. The van der Waals surface area contributed by atoms with Gasteiger partial charge in [-0.3, -0.25) is 0 Å². The van der Waals surface area contributed by atoms with Crippen molar-refractivity contribution in [1.29, 1.82) is 0 Å². The Bertz CT molecular complexity index is 1540. The fraction of sp³-hybridized carbons (Fsp3) is 0.317. The summed E-state index contributed by atoms with van der Waals surface area (Å²) >= 11 is -2.54. The molecule has 4 aromatic carbocycles. The van der Waals surface area contributed by atoms with Crippen LogP contribution in [0.2, 0.25) is 9.45 Å². The number of halogens is 2. The molecule has 0 radical (unpaired) electrons. The van der Waals surface area contributed by atoms with Crippen LogP contribution < -0.4 is 24.8 Å². The van der Waals surface area contributed by atoms with Gasteiger partial charge in [0, 0.05) is 0 Å². The van der Waals surface area contributed by atoms with E-state index in [1.54, 1.807) is 22.3 Å². The van der Waals surface area contributed by atoms with Crippen molar-refractivity contribution in [1.82, 2.24) is 0 Å².